The summed E-state index contributed by atoms with van der Waals surface area (Å²) in [7, 11) is 0. The molecule has 0 saturated heterocycles. The molecule has 2 rings (SSSR count). The Morgan fingerprint density at radius 1 is 1.42 bits per heavy atom. The second kappa shape index (κ2) is 5.51. The third kappa shape index (κ3) is 3.09. The maximum absolute atomic E-state index is 10.9. The van der Waals surface area contributed by atoms with Gasteiger partial charge in [0, 0.05) is 11.8 Å². The number of rotatable bonds is 5. The van der Waals surface area contributed by atoms with Crippen molar-refractivity contribution in [3.8, 4) is 0 Å². The minimum atomic E-state index is -0.984. The van der Waals surface area contributed by atoms with Gasteiger partial charge < -0.3 is 14.8 Å². The smallest absolute Gasteiger partial charge is 0.339 e. The Bertz CT molecular complexity index is 593. The van der Waals surface area contributed by atoms with E-state index in [0.717, 1.165) is 12.1 Å². The normalized spacial score (nSPS) is 10.4. The van der Waals surface area contributed by atoms with Gasteiger partial charge in [-0.2, -0.15) is 0 Å². The number of hydrogen-bond acceptors (Lipinski definition) is 5. The monoisotopic (exact) mass is 261 g/mol. The molecule has 0 radical (unpaired) electrons. The molecule has 0 spiro atoms. The Balaban J connectivity index is 2.06. The summed E-state index contributed by atoms with van der Waals surface area (Å²) in [6.45, 7) is 4.03. The van der Waals surface area contributed by atoms with Crippen LogP contribution in [0.2, 0.25) is 0 Å². The molecule has 6 heteroatoms. The standard InChI is InChI=1S/C13H15N3O3/c1-3-9-4-12(16-7-15-9)14-6-10-5-11(13(17)18)8(2)19-10/h4-5,7H,3,6H2,1-2H3,(H,17,18)(H,14,15,16). The fourth-order valence-electron chi connectivity index (χ4n) is 1.71. The van der Waals surface area contributed by atoms with Gasteiger partial charge in [0.2, 0.25) is 0 Å². The van der Waals surface area contributed by atoms with Crippen molar-refractivity contribution >= 4 is 11.8 Å². The van der Waals surface area contributed by atoms with Crippen molar-refractivity contribution < 1.29 is 14.3 Å². The number of carbonyl (C=O) groups is 1. The lowest BCUT2D eigenvalue weighted by molar-refractivity contribution is 0.0695. The maximum Gasteiger partial charge on any atom is 0.339 e. The molecule has 6 nitrogen and oxygen atoms in total. The summed E-state index contributed by atoms with van der Waals surface area (Å²) in [6, 6.07) is 3.38. The number of anilines is 1. The Morgan fingerprint density at radius 2 is 2.21 bits per heavy atom. The van der Waals surface area contributed by atoms with Crippen LogP contribution in [0.4, 0.5) is 5.82 Å². The van der Waals surface area contributed by atoms with Gasteiger partial charge in [-0.1, -0.05) is 6.92 Å². The first-order valence-electron chi connectivity index (χ1n) is 5.97. The third-order valence-corrected chi connectivity index (χ3v) is 2.73. The zero-order valence-corrected chi connectivity index (χ0v) is 10.8. The maximum atomic E-state index is 10.9. The van der Waals surface area contributed by atoms with Gasteiger partial charge in [-0.05, 0) is 19.4 Å². The molecule has 0 unspecified atom stereocenters. The number of hydrogen-bond donors (Lipinski definition) is 2. The predicted molar refractivity (Wildman–Crippen MR) is 69.1 cm³/mol. The molecule has 0 aliphatic rings. The number of aryl methyl sites for hydroxylation is 2. The van der Waals surface area contributed by atoms with Crippen molar-refractivity contribution in [2.45, 2.75) is 26.8 Å². The highest BCUT2D eigenvalue weighted by Gasteiger charge is 2.13. The van der Waals surface area contributed by atoms with Crippen molar-refractivity contribution in [2.75, 3.05) is 5.32 Å². The minimum Gasteiger partial charge on any atom is -0.478 e. The first-order valence-corrected chi connectivity index (χ1v) is 5.97. The molecule has 0 saturated carbocycles. The van der Waals surface area contributed by atoms with Crippen LogP contribution in [0.1, 0.15) is 34.5 Å². The minimum absolute atomic E-state index is 0.189. The van der Waals surface area contributed by atoms with Crippen LogP contribution >= 0.6 is 0 Å². The molecule has 2 N–H and O–H groups in total. The number of furan rings is 1. The summed E-state index contributed by atoms with van der Waals surface area (Å²) < 4.78 is 5.37. The number of carboxylic acid groups (broad SMARTS) is 1. The highest BCUT2D eigenvalue weighted by molar-refractivity contribution is 5.88. The van der Waals surface area contributed by atoms with E-state index in [-0.39, 0.29) is 5.56 Å². The van der Waals surface area contributed by atoms with Gasteiger partial charge in [-0.25, -0.2) is 14.8 Å². The SMILES string of the molecule is CCc1cc(NCc2cc(C(=O)O)c(C)o2)ncn1. The number of carboxylic acids is 1. The van der Waals surface area contributed by atoms with Crippen LogP contribution in [0, 0.1) is 6.92 Å². The number of nitrogens with zero attached hydrogens (tertiary/aromatic N) is 2. The molecule has 2 aromatic rings. The summed E-state index contributed by atoms with van der Waals surface area (Å²) in [5, 5.41) is 12.0. The van der Waals surface area contributed by atoms with Crippen LogP contribution in [0.3, 0.4) is 0 Å². The van der Waals surface area contributed by atoms with Gasteiger partial charge in [-0.15, -0.1) is 0 Å². The Morgan fingerprint density at radius 3 is 2.84 bits per heavy atom. The number of aromatic nitrogens is 2. The van der Waals surface area contributed by atoms with Gasteiger partial charge in [0.05, 0.1) is 6.54 Å². The van der Waals surface area contributed by atoms with Crippen molar-refractivity contribution in [2.24, 2.45) is 0 Å². The second-order valence-electron chi connectivity index (χ2n) is 4.09. The van der Waals surface area contributed by atoms with E-state index in [2.05, 4.69) is 15.3 Å². The van der Waals surface area contributed by atoms with E-state index in [1.807, 2.05) is 13.0 Å². The molecular formula is C13H15N3O3. The molecule has 0 amide bonds. The third-order valence-electron chi connectivity index (χ3n) is 2.73. The lowest BCUT2D eigenvalue weighted by Gasteiger charge is -2.04. The highest BCUT2D eigenvalue weighted by Crippen LogP contribution is 2.16. The van der Waals surface area contributed by atoms with E-state index in [1.165, 1.54) is 12.4 Å². The second-order valence-corrected chi connectivity index (χ2v) is 4.09. The first kappa shape index (κ1) is 13.1. The Labute approximate surface area is 110 Å². The molecule has 0 aromatic carbocycles. The lowest BCUT2D eigenvalue weighted by atomic mass is 10.2. The first-order chi connectivity index (χ1) is 9.10. The molecule has 0 bridgehead atoms. The largest absolute Gasteiger partial charge is 0.478 e. The van der Waals surface area contributed by atoms with E-state index in [9.17, 15) is 4.79 Å². The van der Waals surface area contributed by atoms with E-state index in [0.29, 0.717) is 23.9 Å². The molecule has 0 aliphatic heterocycles. The van der Waals surface area contributed by atoms with Crippen LogP contribution in [0.15, 0.2) is 22.9 Å². The van der Waals surface area contributed by atoms with Gasteiger partial charge in [0.15, 0.2) is 0 Å². The summed E-state index contributed by atoms with van der Waals surface area (Å²) in [5.74, 6) is 0.674. The Hall–Kier alpha value is -2.37. The summed E-state index contributed by atoms with van der Waals surface area (Å²) >= 11 is 0. The van der Waals surface area contributed by atoms with E-state index < -0.39 is 5.97 Å². The average Bonchev–Trinajstić information content (AvgIpc) is 2.78. The van der Waals surface area contributed by atoms with Crippen LogP contribution in [0.5, 0.6) is 0 Å². The number of nitrogens with one attached hydrogen (secondary N) is 1. The molecule has 0 atom stereocenters. The molecule has 0 aliphatic carbocycles. The zero-order chi connectivity index (χ0) is 13.8. The highest BCUT2D eigenvalue weighted by atomic mass is 16.4. The van der Waals surface area contributed by atoms with Crippen molar-refractivity contribution in [1.82, 2.24) is 9.97 Å². The van der Waals surface area contributed by atoms with Gasteiger partial charge >= 0.3 is 5.97 Å². The summed E-state index contributed by atoms with van der Waals surface area (Å²) in [4.78, 5) is 19.1. The Kier molecular flexibility index (Phi) is 3.79. The van der Waals surface area contributed by atoms with E-state index in [4.69, 9.17) is 9.52 Å². The van der Waals surface area contributed by atoms with Crippen molar-refractivity contribution in [3.63, 3.8) is 0 Å². The molecule has 0 fully saturated rings. The average molecular weight is 261 g/mol. The molecule has 2 aromatic heterocycles. The zero-order valence-electron chi connectivity index (χ0n) is 10.8. The number of aromatic carboxylic acids is 1. The van der Waals surface area contributed by atoms with Crippen LogP contribution in [-0.2, 0) is 13.0 Å². The van der Waals surface area contributed by atoms with Crippen molar-refractivity contribution in [3.05, 3.63) is 41.2 Å². The fourth-order valence-corrected chi connectivity index (χ4v) is 1.71. The van der Waals surface area contributed by atoms with Gasteiger partial charge in [-0.3, -0.25) is 0 Å². The van der Waals surface area contributed by atoms with Crippen molar-refractivity contribution in [1.29, 1.82) is 0 Å². The predicted octanol–water partition coefficient (Wildman–Crippen LogP) is 2.25. The molecule has 2 heterocycles. The van der Waals surface area contributed by atoms with Crippen LogP contribution in [0.25, 0.3) is 0 Å². The van der Waals surface area contributed by atoms with Crippen LogP contribution in [-0.4, -0.2) is 21.0 Å². The fraction of sp³-hybridized carbons (Fsp3) is 0.308. The van der Waals surface area contributed by atoms with Crippen LogP contribution < -0.4 is 5.32 Å². The van der Waals surface area contributed by atoms with E-state index in [1.54, 1.807) is 6.92 Å². The molecule has 100 valence electrons. The quantitative estimate of drug-likeness (QED) is 0.858. The van der Waals surface area contributed by atoms with E-state index >= 15 is 0 Å². The lowest BCUT2D eigenvalue weighted by Crippen LogP contribution is -2.02. The topological polar surface area (TPSA) is 88.2 Å². The van der Waals surface area contributed by atoms with Gasteiger partial charge in [0.1, 0.15) is 29.2 Å². The summed E-state index contributed by atoms with van der Waals surface area (Å²) in [6.07, 6.45) is 2.33. The summed E-state index contributed by atoms with van der Waals surface area (Å²) in [5.41, 5.74) is 1.13. The van der Waals surface area contributed by atoms with Gasteiger partial charge in [0.25, 0.3) is 0 Å². The molecular weight excluding hydrogens is 246 g/mol. The molecule has 19 heavy (non-hydrogen) atoms.